The van der Waals surface area contributed by atoms with Crippen LogP contribution in [0.15, 0.2) is 54.6 Å². The van der Waals surface area contributed by atoms with Crippen molar-refractivity contribution in [3.63, 3.8) is 0 Å². The molecule has 0 bridgehead atoms. The highest BCUT2D eigenvalue weighted by molar-refractivity contribution is 5.89. The molecule has 1 saturated carbocycles. The van der Waals surface area contributed by atoms with Gasteiger partial charge in [-0.2, -0.15) is 0 Å². The summed E-state index contributed by atoms with van der Waals surface area (Å²) in [5.74, 6) is 0. The van der Waals surface area contributed by atoms with Gasteiger partial charge in [0.2, 0.25) is 0 Å². The maximum Gasteiger partial charge on any atom is 0.322 e. The highest BCUT2D eigenvalue weighted by Crippen LogP contribution is 2.26. The summed E-state index contributed by atoms with van der Waals surface area (Å²) < 4.78 is 0. The lowest BCUT2D eigenvalue weighted by molar-refractivity contribution is 0.184. The Hall–Kier alpha value is -2.29. The van der Waals surface area contributed by atoms with Crippen LogP contribution in [-0.4, -0.2) is 17.0 Å². The number of nitrogens with one attached hydrogen (secondary N) is 1. The number of benzene rings is 2. The van der Waals surface area contributed by atoms with Crippen molar-refractivity contribution in [2.45, 2.75) is 45.2 Å². The van der Waals surface area contributed by atoms with Crippen LogP contribution in [-0.2, 0) is 6.54 Å². The molecule has 23 heavy (non-hydrogen) atoms. The summed E-state index contributed by atoms with van der Waals surface area (Å²) in [4.78, 5) is 14.8. The summed E-state index contributed by atoms with van der Waals surface area (Å²) in [6.45, 7) is 2.72. The predicted molar refractivity (Wildman–Crippen MR) is 94.4 cm³/mol. The molecular formula is C20H24N2O. The van der Waals surface area contributed by atoms with E-state index >= 15 is 0 Å². The molecule has 0 radical (unpaired) electrons. The third kappa shape index (κ3) is 4.13. The molecule has 0 unspecified atom stereocenters. The van der Waals surface area contributed by atoms with E-state index in [1.165, 1.54) is 24.0 Å². The number of aryl methyl sites for hydroxylation is 1. The van der Waals surface area contributed by atoms with Crippen molar-refractivity contribution in [1.82, 2.24) is 4.90 Å². The first kappa shape index (κ1) is 15.6. The molecule has 2 aromatic carbocycles. The average molecular weight is 308 g/mol. The topological polar surface area (TPSA) is 32.3 Å². The van der Waals surface area contributed by atoms with Gasteiger partial charge in [0.1, 0.15) is 0 Å². The van der Waals surface area contributed by atoms with Gasteiger partial charge in [-0.05, 0) is 37.5 Å². The predicted octanol–water partition coefficient (Wildman–Crippen LogP) is 4.97. The van der Waals surface area contributed by atoms with E-state index in [1.54, 1.807) is 0 Å². The van der Waals surface area contributed by atoms with Crippen LogP contribution >= 0.6 is 0 Å². The summed E-state index contributed by atoms with van der Waals surface area (Å²) in [6.07, 6.45) is 4.64. The fourth-order valence-electron chi connectivity index (χ4n) is 3.19. The standard InChI is InChI=1S/C20H24N2O/c1-16-11-13-18(14-12-16)21-20(23)22(19-9-5-6-10-19)15-17-7-3-2-4-8-17/h2-4,7-8,11-14,19H,5-6,9-10,15H2,1H3,(H,21,23). The Balaban J connectivity index is 1.73. The van der Waals surface area contributed by atoms with Crippen molar-refractivity contribution < 1.29 is 4.79 Å². The van der Waals surface area contributed by atoms with Gasteiger partial charge in [0.05, 0.1) is 0 Å². The quantitative estimate of drug-likeness (QED) is 0.849. The van der Waals surface area contributed by atoms with Crippen molar-refractivity contribution in [3.05, 3.63) is 65.7 Å². The second-order valence-corrected chi connectivity index (χ2v) is 6.35. The van der Waals surface area contributed by atoms with E-state index in [0.717, 1.165) is 18.5 Å². The maximum atomic E-state index is 12.8. The Morgan fingerprint density at radius 3 is 2.35 bits per heavy atom. The molecule has 1 aliphatic rings. The highest BCUT2D eigenvalue weighted by atomic mass is 16.2. The molecule has 120 valence electrons. The molecule has 3 rings (SSSR count). The number of carbonyl (C=O) groups is 1. The van der Waals surface area contributed by atoms with Crippen LogP contribution in [0.1, 0.15) is 36.8 Å². The number of carbonyl (C=O) groups excluding carboxylic acids is 1. The number of hydrogen-bond donors (Lipinski definition) is 1. The lowest BCUT2D eigenvalue weighted by Crippen LogP contribution is -2.41. The fourth-order valence-corrected chi connectivity index (χ4v) is 3.19. The number of urea groups is 1. The van der Waals surface area contributed by atoms with Crippen LogP contribution in [0.5, 0.6) is 0 Å². The minimum absolute atomic E-state index is 0.00426. The van der Waals surface area contributed by atoms with Crippen molar-refractivity contribution >= 4 is 11.7 Å². The Bertz CT molecular complexity index is 630. The van der Waals surface area contributed by atoms with E-state index in [9.17, 15) is 4.79 Å². The normalized spacial score (nSPS) is 14.7. The number of amides is 2. The van der Waals surface area contributed by atoms with Gasteiger partial charge in [0.15, 0.2) is 0 Å². The lowest BCUT2D eigenvalue weighted by atomic mass is 10.1. The van der Waals surface area contributed by atoms with Crippen LogP contribution < -0.4 is 5.32 Å². The second-order valence-electron chi connectivity index (χ2n) is 6.35. The molecule has 3 heteroatoms. The van der Waals surface area contributed by atoms with E-state index in [0.29, 0.717) is 12.6 Å². The SMILES string of the molecule is Cc1ccc(NC(=O)N(Cc2ccccc2)C2CCCC2)cc1. The van der Waals surface area contributed by atoms with Crippen molar-refractivity contribution in [1.29, 1.82) is 0 Å². The van der Waals surface area contributed by atoms with Crippen LogP contribution in [0, 0.1) is 6.92 Å². The summed E-state index contributed by atoms with van der Waals surface area (Å²) in [5.41, 5.74) is 3.23. The van der Waals surface area contributed by atoms with E-state index < -0.39 is 0 Å². The van der Waals surface area contributed by atoms with Gasteiger partial charge in [0, 0.05) is 18.3 Å². The zero-order valence-corrected chi connectivity index (χ0v) is 13.7. The van der Waals surface area contributed by atoms with Crippen LogP contribution in [0.4, 0.5) is 10.5 Å². The molecule has 2 aromatic rings. The molecule has 0 spiro atoms. The molecule has 3 nitrogen and oxygen atoms in total. The van der Waals surface area contributed by atoms with Gasteiger partial charge < -0.3 is 10.2 Å². The molecule has 0 atom stereocenters. The Kier molecular flexibility index (Phi) is 4.96. The zero-order chi connectivity index (χ0) is 16.1. The highest BCUT2D eigenvalue weighted by Gasteiger charge is 2.26. The third-order valence-corrected chi connectivity index (χ3v) is 4.52. The van der Waals surface area contributed by atoms with Gasteiger partial charge in [-0.25, -0.2) is 4.79 Å². The Morgan fingerprint density at radius 2 is 1.70 bits per heavy atom. The molecule has 1 N–H and O–H groups in total. The molecule has 2 amide bonds. The lowest BCUT2D eigenvalue weighted by Gasteiger charge is -2.29. The first-order valence-corrected chi connectivity index (χ1v) is 8.40. The number of anilines is 1. The summed E-state index contributed by atoms with van der Waals surface area (Å²) in [7, 11) is 0. The molecular weight excluding hydrogens is 284 g/mol. The summed E-state index contributed by atoms with van der Waals surface area (Å²) >= 11 is 0. The molecule has 0 heterocycles. The maximum absolute atomic E-state index is 12.8. The second kappa shape index (κ2) is 7.32. The Morgan fingerprint density at radius 1 is 1.04 bits per heavy atom. The zero-order valence-electron chi connectivity index (χ0n) is 13.7. The molecule has 0 saturated heterocycles. The molecule has 1 fully saturated rings. The van der Waals surface area contributed by atoms with Crippen molar-refractivity contribution in [3.8, 4) is 0 Å². The van der Waals surface area contributed by atoms with E-state index in [-0.39, 0.29) is 6.03 Å². The van der Waals surface area contributed by atoms with E-state index in [1.807, 2.05) is 54.3 Å². The first-order chi connectivity index (χ1) is 11.2. The first-order valence-electron chi connectivity index (χ1n) is 8.40. The summed E-state index contributed by atoms with van der Waals surface area (Å²) in [5, 5.41) is 3.05. The van der Waals surface area contributed by atoms with E-state index in [2.05, 4.69) is 17.4 Å². The number of nitrogens with zero attached hydrogens (tertiary/aromatic N) is 1. The average Bonchev–Trinajstić information content (AvgIpc) is 3.10. The third-order valence-electron chi connectivity index (χ3n) is 4.52. The van der Waals surface area contributed by atoms with Gasteiger partial charge in [0.25, 0.3) is 0 Å². The van der Waals surface area contributed by atoms with Crippen LogP contribution in [0.25, 0.3) is 0 Å². The van der Waals surface area contributed by atoms with Crippen LogP contribution in [0.2, 0.25) is 0 Å². The van der Waals surface area contributed by atoms with Crippen molar-refractivity contribution in [2.75, 3.05) is 5.32 Å². The largest absolute Gasteiger partial charge is 0.322 e. The van der Waals surface area contributed by atoms with Gasteiger partial charge in [-0.15, -0.1) is 0 Å². The Labute approximate surface area is 138 Å². The molecule has 0 aromatic heterocycles. The fraction of sp³-hybridized carbons (Fsp3) is 0.350. The number of hydrogen-bond acceptors (Lipinski definition) is 1. The minimum Gasteiger partial charge on any atom is -0.317 e. The molecule has 1 aliphatic carbocycles. The smallest absolute Gasteiger partial charge is 0.317 e. The van der Waals surface area contributed by atoms with Crippen LogP contribution in [0.3, 0.4) is 0 Å². The van der Waals surface area contributed by atoms with Crippen molar-refractivity contribution in [2.24, 2.45) is 0 Å². The van der Waals surface area contributed by atoms with Gasteiger partial charge >= 0.3 is 6.03 Å². The summed E-state index contributed by atoms with van der Waals surface area (Å²) in [6, 6.07) is 18.5. The van der Waals surface area contributed by atoms with E-state index in [4.69, 9.17) is 0 Å². The number of rotatable bonds is 4. The molecule has 0 aliphatic heterocycles. The minimum atomic E-state index is 0.00426. The van der Waals surface area contributed by atoms with Gasteiger partial charge in [-0.1, -0.05) is 60.9 Å². The van der Waals surface area contributed by atoms with Gasteiger partial charge in [-0.3, -0.25) is 0 Å². The monoisotopic (exact) mass is 308 g/mol.